The maximum absolute atomic E-state index is 13.1. The maximum atomic E-state index is 13.1. The zero-order valence-corrected chi connectivity index (χ0v) is 12.4. The molecule has 0 spiro atoms. The van der Waals surface area contributed by atoms with Crippen molar-refractivity contribution < 1.29 is 19.1 Å². The fourth-order valence-electron chi connectivity index (χ4n) is 2.57. The largest absolute Gasteiger partial charge is 0.480 e. The van der Waals surface area contributed by atoms with Crippen LogP contribution in [0.25, 0.3) is 0 Å². The Hall–Kier alpha value is -1.62. The van der Waals surface area contributed by atoms with Gasteiger partial charge in [0, 0.05) is 5.56 Å². The van der Waals surface area contributed by atoms with Gasteiger partial charge in [-0.15, -0.1) is 0 Å². The number of hydrogen-bond donors (Lipinski definition) is 2. The monoisotopic (exact) mass is 313 g/mol. The first-order valence-corrected chi connectivity index (χ1v) is 7.23. The molecule has 0 unspecified atom stereocenters. The highest BCUT2D eigenvalue weighted by atomic mass is 35.5. The van der Waals surface area contributed by atoms with Crippen molar-refractivity contribution in [2.45, 2.75) is 38.1 Å². The summed E-state index contributed by atoms with van der Waals surface area (Å²) in [7, 11) is 0. The Kier molecular flexibility index (Phi) is 4.52. The number of carboxylic acid groups (broad SMARTS) is 1. The Bertz CT molecular complexity index is 568. The van der Waals surface area contributed by atoms with Gasteiger partial charge in [0.1, 0.15) is 11.4 Å². The number of rotatable bonds is 3. The minimum absolute atomic E-state index is 0.153. The molecule has 4 nitrogen and oxygen atoms in total. The Balaban J connectivity index is 2.19. The molecule has 1 saturated carbocycles. The third-order valence-electron chi connectivity index (χ3n) is 4.07. The maximum Gasteiger partial charge on any atom is 0.329 e. The normalized spacial score (nSPS) is 25.4. The quantitative estimate of drug-likeness (QED) is 0.900. The molecule has 2 rings (SSSR count). The molecule has 1 fully saturated rings. The van der Waals surface area contributed by atoms with Crippen LogP contribution in [0.2, 0.25) is 5.02 Å². The van der Waals surface area contributed by atoms with Crippen molar-refractivity contribution in [2.24, 2.45) is 5.92 Å². The van der Waals surface area contributed by atoms with Gasteiger partial charge < -0.3 is 10.4 Å². The molecule has 21 heavy (non-hydrogen) atoms. The van der Waals surface area contributed by atoms with E-state index < -0.39 is 23.2 Å². The molecule has 0 aromatic heterocycles. The summed E-state index contributed by atoms with van der Waals surface area (Å²) in [4.78, 5) is 23.8. The molecule has 2 N–H and O–H groups in total. The lowest BCUT2D eigenvalue weighted by Crippen LogP contribution is -2.56. The van der Waals surface area contributed by atoms with Crippen LogP contribution in [0.15, 0.2) is 18.2 Å². The average Bonchev–Trinajstić information content (AvgIpc) is 2.44. The van der Waals surface area contributed by atoms with Crippen LogP contribution >= 0.6 is 11.6 Å². The number of benzene rings is 1. The topological polar surface area (TPSA) is 66.4 Å². The lowest BCUT2D eigenvalue weighted by Gasteiger charge is -2.36. The minimum atomic E-state index is -1.25. The van der Waals surface area contributed by atoms with E-state index >= 15 is 0 Å². The highest BCUT2D eigenvalue weighted by Crippen LogP contribution is 2.32. The van der Waals surface area contributed by atoms with Crippen LogP contribution in [0.4, 0.5) is 4.39 Å². The number of nitrogens with one attached hydrogen (secondary N) is 1. The van der Waals surface area contributed by atoms with Crippen molar-refractivity contribution >= 4 is 23.5 Å². The second-order valence-corrected chi connectivity index (χ2v) is 6.06. The van der Waals surface area contributed by atoms with Gasteiger partial charge >= 0.3 is 5.97 Å². The fraction of sp³-hybridized carbons (Fsp3) is 0.467. The van der Waals surface area contributed by atoms with Gasteiger partial charge in [0.05, 0.1) is 5.02 Å². The summed E-state index contributed by atoms with van der Waals surface area (Å²) < 4.78 is 13.1. The van der Waals surface area contributed by atoms with E-state index in [2.05, 4.69) is 12.2 Å². The summed E-state index contributed by atoms with van der Waals surface area (Å²) in [6.07, 6.45) is 2.28. The van der Waals surface area contributed by atoms with Crippen LogP contribution in [0.5, 0.6) is 0 Å². The van der Waals surface area contributed by atoms with E-state index in [1.54, 1.807) is 0 Å². The summed E-state index contributed by atoms with van der Waals surface area (Å²) in [5.41, 5.74) is -1.09. The van der Waals surface area contributed by atoms with Gasteiger partial charge in [-0.3, -0.25) is 4.79 Å². The van der Waals surface area contributed by atoms with E-state index in [-0.39, 0.29) is 10.6 Å². The molecular weight excluding hydrogens is 297 g/mol. The van der Waals surface area contributed by atoms with Gasteiger partial charge in [0.2, 0.25) is 0 Å². The van der Waals surface area contributed by atoms with Crippen LogP contribution in [0.3, 0.4) is 0 Å². The Morgan fingerprint density at radius 3 is 2.52 bits per heavy atom. The molecule has 6 heteroatoms. The Labute approximate surface area is 127 Å². The van der Waals surface area contributed by atoms with Crippen molar-refractivity contribution in [1.29, 1.82) is 0 Å². The van der Waals surface area contributed by atoms with Crippen molar-refractivity contribution in [3.8, 4) is 0 Å². The number of carbonyl (C=O) groups excluding carboxylic acids is 1. The van der Waals surface area contributed by atoms with E-state index in [0.717, 1.165) is 18.9 Å². The lowest BCUT2D eigenvalue weighted by molar-refractivity contribution is -0.146. The van der Waals surface area contributed by atoms with Gasteiger partial charge in [-0.1, -0.05) is 18.5 Å². The predicted octanol–water partition coefficient (Wildman–Crippen LogP) is 3.24. The average molecular weight is 314 g/mol. The van der Waals surface area contributed by atoms with Crippen LogP contribution in [0.1, 0.15) is 43.0 Å². The zero-order chi connectivity index (χ0) is 15.6. The molecule has 114 valence electrons. The summed E-state index contributed by atoms with van der Waals surface area (Å²) >= 11 is 5.65. The molecule has 0 saturated heterocycles. The molecular formula is C15H17ClFNO3. The zero-order valence-electron chi connectivity index (χ0n) is 11.7. The van der Waals surface area contributed by atoms with E-state index in [9.17, 15) is 19.1 Å². The van der Waals surface area contributed by atoms with Crippen molar-refractivity contribution in [3.05, 3.63) is 34.6 Å². The van der Waals surface area contributed by atoms with Gasteiger partial charge in [-0.05, 0) is 49.8 Å². The van der Waals surface area contributed by atoms with E-state index in [0.29, 0.717) is 18.8 Å². The van der Waals surface area contributed by atoms with Crippen LogP contribution in [-0.2, 0) is 4.79 Å². The lowest BCUT2D eigenvalue weighted by atomic mass is 9.77. The Morgan fingerprint density at radius 1 is 1.38 bits per heavy atom. The highest BCUT2D eigenvalue weighted by Gasteiger charge is 2.42. The highest BCUT2D eigenvalue weighted by molar-refractivity contribution is 6.31. The Morgan fingerprint density at radius 2 is 2.00 bits per heavy atom. The molecule has 0 heterocycles. The second-order valence-electron chi connectivity index (χ2n) is 5.65. The molecule has 1 amide bonds. The number of carboxylic acids is 1. The summed E-state index contributed by atoms with van der Waals surface area (Å²) in [6, 6.07) is 3.58. The van der Waals surface area contributed by atoms with Gasteiger partial charge in [-0.25, -0.2) is 9.18 Å². The predicted molar refractivity (Wildman–Crippen MR) is 76.9 cm³/mol. The van der Waals surface area contributed by atoms with Gasteiger partial charge in [-0.2, -0.15) is 0 Å². The van der Waals surface area contributed by atoms with Crippen LogP contribution in [-0.4, -0.2) is 22.5 Å². The van der Waals surface area contributed by atoms with E-state index in [1.807, 2.05) is 0 Å². The van der Waals surface area contributed by atoms with E-state index in [4.69, 9.17) is 11.6 Å². The van der Waals surface area contributed by atoms with E-state index in [1.165, 1.54) is 12.1 Å². The van der Waals surface area contributed by atoms with Crippen LogP contribution in [0, 0.1) is 11.7 Å². The third kappa shape index (κ3) is 3.35. The smallest absolute Gasteiger partial charge is 0.329 e. The molecule has 0 bridgehead atoms. The standard InChI is InChI=1S/C15H17ClFNO3/c1-9-4-6-15(7-5-9,14(20)21)18-13(19)10-2-3-12(17)11(16)8-10/h2-3,8-9H,4-7H2,1H3,(H,18,19)(H,20,21). The molecule has 1 aromatic rings. The third-order valence-corrected chi connectivity index (χ3v) is 4.36. The van der Waals surface area contributed by atoms with Crippen molar-refractivity contribution in [1.82, 2.24) is 5.32 Å². The fourth-order valence-corrected chi connectivity index (χ4v) is 2.75. The van der Waals surface area contributed by atoms with Crippen molar-refractivity contribution in [3.63, 3.8) is 0 Å². The SMILES string of the molecule is CC1CCC(NC(=O)c2ccc(F)c(Cl)c2)(C(=O)O)CC1. The summed E-state index contributed by atoms with van der Waals surface area (Å²) in [5, 5.41) is 11.9. The molecule has 1 aliphatic carbocycles. The number of halogens is 2. The van der Waals surface area contributed by atoms with Gasteiger partial charge in [0.15, 0.2) is 0 Å². The first kappa shape index (κ1) is 15.8. The molecule has 0 aliphatic heterocycles. The van der Waals surface area contributed by atoms with Gasteiger partial charge in [0.25, 0.3) is 5.91 Å². The number of amides is 1. The first-order valence-electron chi connectivity index (χ1n) is 6.85. The second kappa shape index (κ2) is 6.02. The first-order chi connectivity index (χ1) is 9.84. The summed E-state index contributed by atoms with van der Waals surface area (Å²) in [6.45, 7) is 2.06. The van der Waals surface area contributed by atoms with Crippen molar-refractivity contribution in [2.75, 3.05) is 0 Å². The molecule has 0 atom stereocenters. The van der Waals surface area contributed by atoms with Crippen LogP contribution < -0.4 is 5.32 Å². The minimum Gasteiger partial charge on any atom is -0.480 e. The molecule has 1 aromatic carbocycles. The number of hydrogen-bond acceptors (Lipinski definition) is 2. The number of carbonyl (C=O) groups is 2. The molecule has 0 radical (unpaired) electrons. The molecule has 1 aliphatic rings. The number of aliphatic carboxylic acids is 1. The summed E-state index contributed by atoms with van der Waals surface area (Å²) in [5.74, 6) is -1.74.